The summed E-state index contributed by atoms with van der Waals surface area (Å²) in [6.07, 6.45) is 1.57. The molecule has 6 heteroatoms. The predicted molar refractivity (Wildman–Crippen MR) is 99.4 cm³/mol. The molecule has 0 unspecified atom stereocenters. The van der Waals surface area contributed by atoms with Gasteiger partial charge in [0.2, 0.25) is 0 Å². The van der Waals surface area contributed by atoms with E-state index in [1.807, 2.05) is 12.1 Å². The van der Waals surface area contributed by atoms with Crippen molar-refractivity contribution in [1.29, 1.82) is 0 Å². The van der Waals surface area contributed by atoms with Gasteiger partial charge in [-0.3, -0.25) is 4.79 Å². The number of nitrogens with one attached hydrogen (secondary N) is 2. The maximum absolute atomic E-state index is 12.3. The molecule has 122 valence electrons. The van der Waals surface area contributed by atoms with Crippen molar-refractivity contribution in [3.05, 3.63) is 70.7 Å². The average Bonchev–Trinajstić information content (AvgIpc) is 3.06. The van der Waals surface area contributed by atoms with Crippen molar-refractivity contribution in [2.24, 2.45) is 0 Å². The molecule has 0 saturated carbocycles. The van der Waals surface area contributed by atoms with E-state index in [9.17, 15) is 4.79 Å². The number of nitrogens with two attached hydrogens (primary N) is 1. The zero-order valence-electron chi connectivity index (χ0n) is 13.2. The molecule has 0 aliphatic heterocycles. The normalized spacial score (nSPS) is 10.4. The third-order valence-electron chi connectivity index (χ3n) is 3.50. The van der Waals surface area contributed by atoms with Gasteiger partial charge in [-0.25, -0.2) is 4.98 Å². The summed E-state index contributed by atoms with van der Waals surface area (Å²) in [5.74, 6) is -0.214. The lowest BCUT2D eigenvalue weighted by atomic mass is 10.1. The zero-order valence-corrected chi connectivity index (χ0v) is 14.1. The molecule has 0 fully saturated rings. The minimum atomic E-state index is -0.214. The van der Waals surface area contributed by atoms with E-state index in [1.165, 1.54) is 22.5 Å². The lowest BCUT2D eigenvalue weighted by Crippen LogP contribution is -2.11. The largest absolute Gasteiger partial charge is 0.397 e. The molecule has 0 spiro atoms. The first-order valence-electron chi connectivity index (χ1n) is 7.53. The summed E-state index contributed by atoms with van der Waals surface area (Å²) in [7, 11) is 0. The number of nitrogens with zero attached hydrogens (tertiary/aromatic N) is 1. The highest BCUT2D eigenvalue weighted by Crippen LogP contribution is 2.22. The fourth-order valence-corrected chi connectivity index (χ4v) is 2.85. The predicted octanol–water partition coefficient (Wildman–Crippen LogP) is 3.90. The standard InChI is InChI=1S/C18H18N4OS/c1-12-6-8-13(9-7-12)10-20-18-21-11-16(24-18)17(23)22-15-5-3-2-4-14(15)19/h2-9,11H,10,19H2,1H3,(H,20,21)(H,22,23). The van der Waals surface area contributed by atoms with Crippen LogP contribution in [0.2, 0.25) is 0 Å². The quantitative estimate of drug-likeness (QED) is 0.616. The van der Waals surface area contributed by atoms with Crippen molar-refractivity contribution in [2.45, 2.75) is 13.5 Å². The van der Waals surface area contributed by atoms with E-state index in [0.29, 0.717) is 27.9 Å². The van der Waals surface area contributed by atoms with Gasteiger partial charge in [-0.05, 0) is 24.6 Å². The number of hydrogen-bond donors (Lipinski definition) is 3. The Balaban J connectivity index is 1.61. The minimum absolute atomic E-state index is 0.214. The van der Waals surface area contributed by atoms with E-state index < -0.39 is 0 Å². The number of hydrogen-bond acceptors (Lipinski definition) is 5. The second-order valence-corrected chi connectivity index (χ2v) is 6.44. The molecule has 1 heterocycles. The van der Waals surface area contributed by atoms with Gasteiger partial charge in [0.1, 0.15) is 4.88 Å². The Bertz CT molecular complexity index is 842. The number of aromatic nitrogens is 1. The summed E-state index contributed by atoms with van der Waals surface area (Å²) in [5, 5.41) is 6.74. The lowest BCUT2D eigenvalue weighted by Gasteiger charge is -2.06. The molecule has 0 aliphatic carbocycles. The van der Waals surface area contributed by atoms with Crippen LogP contribution >= 0.6 is 11.3 Å². The zero-order chi connectivity index (χ0) is 16.9. The van der Waals surface area contributed by atoms with Gasteiger partial charge in [-0.1, -0.05) is 53.3 Å². The van der Waals surface area contributed by atoms with Crippen LogP contribution < -0.4 is 16.4 Å². The summed E-state index contributed by atoms with van der Waals surface area (Å²) in [6, 6.07) is 15.5. The maximum atomic E-state index is 12.3. The Hall–Kier alpha value is -2.86. The number of thiazole rings is 1. The number of amides is 1. The fraction of sp³-hybridized carbons (Fsp3) is 0.111. The van der Waals surface area contributed by atoms with Crippen LogP contribution in [0.4, 0.5) is 16.5 Å². The summed E-state index contributed by atoms with van der Waals surface area (Å²) in [4.78, 5) is 17.0. The molecule has 0 saturated heterocycles. The van der Waals surface area contributed by atoms with Crippen molar-refractivity contribution in [2.75, 3.05) is 16.4 Å². The van der Waals surface area contributed by atoms with E-state index in [-0.39, 0.29) is 5.91 Å². The van der Waals surface area contributed by atoms with Crippen LogP contribution in [0.3, 0.4) is 0 Å². The number of anilines is 3. The minimum Gasteiger partial charge on any atom is -0.397 e. The number of aryl methyl sites for hydroxylation is 1. The van der Waals surface area contributed by atoms with Crippen LogP contribution in [0.15, 0.2) is 54.7 Å². The van der Waals surface area contributed by atoms with Gasteiger partial charge in [0, 0.05) is 6.54 Å². The maximum Gasteiger partial charge on any atom is 0.267 e. The van der Waals surface area contributed by atoms with E-state index in [1.54, 1.807) is 18.3 Å². The Kier molecular flexibility index (Phi) is 4.77. The molecule has 1 amide bonds. The van der Waals surface area contributed by atoms with Gasteiger partial charge < -0.3 is 16.4 Å². The summed E-state index contributed by atoms with van der Waals surface area (Å²) in [6.45, 7) is 2.73. The Morgan fingerprint density at radius 3 is 2.67 bits per heavy atom. The van der Waals surface area contributed by atoms with Crippen LogP contribution in [0.5, 0.6) is 0 Å². The molecular formula is C18H18N4OS. The van der Waals surface area contributed by atoms with Gasteiger partial charge >= 0.3 is 0 Å². The molecule has 2 aromatic carbocycles. The first kappa shape index (κ1) is 16.0. The molecule has 3 aromatic rings. The van der Waals surface area contributed by atoms with Crippen LogP contribution in [0.1, 0.15) is 20.8 Å². The van der Waals surface area contributed by atoms with Crippen LogP contribution in [0, 0.1) is 6.92 Å². The average molecular weight is 338 g/mol. The van der Waals surface area contributed by atoms with Crippen molar-refractivity contribution in [3.8, 4) is 0 Å². The third-order valence-corrected chi connectivity index (χ3v) is 4.46. The summed E-state index contributed by atoms with van der Waals surface area (Å²) < 4.78 is 0. The number of carbonyl (C=O) groups is 1. The van der Waals surface area contributed by atoms with Crippen LogP contribution in [0.25, 0.3) is 0 Å². The Labute approximate surface area is 144 Å². The second-order valence-electron chi connectivity index (χ2n) is 5.41. The van der Waals surface area contributed by atoms with Crippen molar-refractivity contribution in [3.63, 3.8) is 0 Å². The highest BCUT2D eigenvalue weighted by molar-refractivity contribution is 7.17. The van der Waals surface area contributed by atoms with Gasteiger partial charge in [0.15, 0.2) is 5.13 Å². The fourth-order valence-electron chi connectivity index (χ4n) is 2.14. The topological polar surface area (TPSA) is 80.0 Å². The molecule has 0 bridgehead atoms. The van der Waals surface area contributed by atoms with Gasteiger partial charge in [-0.15, -0.1) is 0 Å². The van der Waals surface area contributed by atoms with Crippen molar-refractivity contribution < 1.29 is 4.79 Å². The highest BCUT2D eigenvalue weighted by atomic mass is 32.1. The molecule has 1 aromatic heterocycles. The van der Waals surface area contributed by atoms with Crippen LogP contribution in [-0.2, 0) is 6.54 Å². The van der Waals surface area contributed by atoms with Gasteiger partial charge in [0.05, 0.1) is 17.6 Å². The molecule has 4 N–H and O–H groups in total. The molecule has 5 nitrogen and oxygen atoms in total. The first-order valence-corrected chi connectivity index (χ1v) is 8.34. The lowest BCUT2D eigenvalue weighted by molar-refractivity contribution is 0.103. The van der Waals surface area contributed by atoms with Crippen molar-refractivity contribution in [1.82, 2.24) is 4.98 Å². The monoisotopic (exact) mass is 338 g/mol. The smallest absolute Gasteiger partial charge is 0.267 e. The van der Waals surface area contributed by atoms with E-state index in [2.05, 4.69) is 46.8 Å². The summed E-state index contributed by atoms with van der Waals surface area (Å²) >= 11 is 1.31. The molecule has 24 heavy (non-hydrogen) atoms. The molecule has 3 rings (SSSR count). The Morgan fingerprint density at radius 1 is 1.17 bits per heavy atom. The number of benzene rings is 2. The molecule has 0 atom stereocenters. The van der Waals surface area contributed by atoms with Crippen LogP contribution in [-0.4, -0.2) is 10.9 Å². The van der Waals surface area contributed by atoms with Gasteiger partial charge in [0.25, 0.3) is 5.91 Å². The summed E-state index contributed by atoms with van der Waals surface area (Å²) in [5.41, 5.74) is 9.37. The second kappa shape index (κ2) is 7.14. The molecule has 0 radical (unpaired) electrons. The van der Waals surface area contributed by atoms with E-state index in [4.69, 9.17) is 5.73 Å². The SMILES string of the molecule is Cc1ccc(CNc2ncc(C(=O)Nc3ccccc3N)s2)cc1. The first-order chi connectivity index (χ1) is 11.6. The molecule has 0 aliphatic rings. The highest BCUT2D eigenvalue weighted by Gasteiger charge is 2.12. The Morgan fingerprint density at radius 2 is 1.92 bits per heavy atom. The molecular weight excluding hydrogens is 320 g/mol. The van der Waals surface area contributed by atoms with Gasteiger partial charge in [-0.2, -0.15) is 0 Å². The van der Waals surface area contributed by atoms with E-state index in [0.717, 1.165) is 0 Å². The number of nitrogen functional groups attached to an aromatic ring is 1. The number of para-hydroxylation sites is 2. The number of rotatable bonds is 5. The van der Waals surface area contributed by atoms with Crippen molar-refractivity contribution >= 4 is 33.8 Å². The third kappa shape index (κ3) is 3.91. The van der Waals surface area contributed by atoms with E-state index >= 15 is 0 Å². The number of carbonyl (C=O) groups excluding carboxylic acids is 1.